The van der Waals surface area contributed by atoms with E-state index in [1.807, 2.05) is 0 Å². The maximum absolute atomic E-state index is 5.03. The average Bonchev–Trinajstić information content (AvgIpc) is 3.36. The molecule has 7 aromatic carbocycles. The van der Waals surface area contributed by atoms with Crippen LogP contribution in [0.5, 0.6) is 0 Å². The van der Waals surface area contributed by atoms with Gasteiger partial charge >= 0.3 is 0 Å². The van der Waals surface area contributed by atoms with Crippen LogP contribution in [0, 0.1) is 26.7 Å². The topological polar surface area (TPSA) is 77.3 Å². The van der Waals surface area contributed by atoms with Gasteiger partial charge in [-0.05, 0) is 78.1 Å². The lowest BCUT2D eigenvalue weighted by atomic mass is 9.79. The Hall–Kier alpha value is -7.96. The fourth-order valence-electron chi connectivity index (χ4n) is 9.10. The van der Waals surface area contributed by atoms with Gasteiger partial charge in [0, 0.05) is 39.3 Å². The predicted octanol–water partition coefficient (Wildman–Crippen LogP) is 14.7. The van der Waals surface area contributed by atoms with Gasteiger partial charge in [-0.2, -0.15) is 0 Å². The number of aromatic nitrogens is 6. The number of fused-ring (bicyclic) bond motifs is 3. The maximum atomic E-state index is 5.03. The third-order valence-corrected chi connectivity index (χ3v) is 13.0. The zero-order valence-electron chi connectivity index (χ0n) is 37.6. The van der Waals surface area contributed by atoms with E-state index >= 15 is 0 Å². The Bertz CT molecular complexity index is 3300. The van der Waals surface area contributed by atoms with Gasteiger partial charge < -0.3 is 0 Å². The SMILES string of the molecule is Cc1ccc(-c2nc(C3=CCC(C)C=C3)nc(-c3ccc(C4CC=Cc5c4ccc4c(-c6ccc(-c7nc(-c8ccc(C)cc8)nc(-c8ccc(C)cc8)n7)cc6)cccc54)cc3)n2)cc1. The van der Waals surface area contributed by atoms with Gasteiger partial charge in [-0.1, -0.05) is 206 Å². The molecule has 2 heterocycles. The molecular weight excluding hydrogens is 805 g/mol. The van der Waals surface area contributed by atoms with E-state index in [0.29, 0.717) is 40.9 Å². The monoisotopic (exact) mass is 852 g/mol. The highest BCUT2D eigenvalue weighted by atomic mass is 15.0. The predicted molar refractivity (Wildman–Crippen MR) is 270 cm³/mol. The second-order valence-corrected chi connectivity index (χ2v) is 17.8. The molecule has 0 amide bonds. The van der Waals surface area contributed by atoms with Crippen LogP contribution in [0.1, 0.15) is 64.9 Å². The number of hydrogen-bond acceptors (Lipinski definition) is 6. The molecule has 0 saturated heterocycles. The van der Waals surface area contributed by atoms with E-state index < -0.39 is 0 Å². The standard InChI is InChI=1S/C60H48N6/c1-37-11-19-43(20-12-37)55-61-56(44-21-13-38(2)14-22-44)64-59(63-55)47-31-27-41(28-32-47)49-7-5-9-51-52-10-6-8-50(54(52)36-35-53(49)51)42-29-33-48(34-30-42)60-65-57(45-23-15-39(3)16-24-45)62-58(66-60)46-25-17-40(4)18-26-46/h5-7,9-17,19-36,40,50H,8,18H2,1-4H3. The second kappa shape index (κ2) is 17.2. The van der Waals surface area contributed by atoms with Crippen LogP contribution in [-0.2, 0) is 0 Å². The van der Waals surface area contributed by atoms with Crippen molar-refractivity contribution < 1.29 is 0 Å². The van der Waals surface area contributed by atoms with Gasteiger partial charge in [0.2, 0.25) is 0 Å². The van der Waals surface area contributed by atoms with Gasteiger partial charge in [-0.15, -0.1) is 0 Å². The highest BCUT2D eigenvalue weighted by Gasteiger charge is 2.23. The van der Waals surface area contributed by atoms with E-state index in [2.05, 4.69) is 210 Å². The molecule has 0 fully saturated rings. The first-order chi connectivity index (χ1) is 32.3. The molecule has 11 rings (SSSR count). The molecule has 6 heteroatoms. The number of benzene rings is 7. The van der Waals surface area contributed by atoms with Crippen molar-refractivity contribution in [1.29, 1.82) is 0 Å². The third-order valence-electron chi connectivity index (χ3n) is 13.0. The van der Waals surface area contributed by atoms with E-state index in [4.69, 9.17) is 29.9 Å². The largest absolute Gasteiger partial charge is 0.208 e. The van der Waals surface area contributed by atoms with Crippen molar-refractivity contribution >= 4 is 22.4 Å². The number of hydrogen-bond donors (Lipinski definition) is 0. The third kappa shape index (κ3) is 8.07. The highest BCUT2D eigenvalue weighted by molar-refractivity contribution is 6.02. The number of allylic oxidation sites excluding steroid dienone is 5. The van der Waals surface area contributed by atoms with Crippen molar-refractivity contribution in [3.05, 3.63) is 215 Å². The molecule has 0 bridgehead atoms. The average molecular weight is 853 g/mol. The summed E-state index contributed by atoms with van der Waals surface area (Å²) in [5.74, 6) is 4.76. The van der Waals surface area contributed by atoms with Crippen LogP contribution in [0.2, 0.25) is 0 Å². The summed E-state index contributed by atoms with van der Waals surface area (Å²) in [6.07, 6.45) is 13.2. The fourth-order valence-corrected chi connectivity index (χ4v) is 9.10. The zero-order chi connectivity index (χ0) is 44.7. The Morgan fingerprint density at radius 1 is 0.409 bits per heavy atom. The van der Waals surface area contributed by atoms with Crippen molar-refractivity contribution in [2.24, 2.45) is 5.92 Å². The molecule has 66 heavy (non-hydrogen) atoms. The normalized spacial score (nSPS) is 15.4. The second-order valence-electron chi connectivity index (χ2n) is 17.8. The number of aryl methyl sites for hydroxylation is 3. The van der Waals surface area contributed by atoms with Crippen LogP contribution in [0.25, 0.3) is 90.5 Å². The van der Waals surface area contributed by atoms with Crippen molar-refractivity contribution in [2.75, 3.05) is 0 Å². The maximum Gasteiger partial charge on any atom is 0.164 e. The lowest BCUT2D eigenvalue weighted by Crippen LogP contribution is -2.07. The highest BCUT2D eigenvalue weighted by Crippen LogP contribution is 2.42. The van der Waals surface area contributed by atoms with Gasteiger partial charge in [-0.25, -0.2) is 29.9 Å². The molecule has 0 aliphatic heterocycles. The molecule has 2 aromatic heterocycles. The van der Waals surface area contributed by atoms with Crippen LogP contribution in [0.15, 0.2) is 176 Å². The molecular formula is C60H48N6. The van der Waals surface area contributed by atoms with Crippen LogP contribution in [0.4, 0.5) is 0 Å². The molecule has 2 atom stereocenters. The molecule has 9 aromatic rings. The molecule has 0 radical (unpaired) electrons. The van der Waals surface area contributed by atoms with Crippen molar-refractivity contribution in [3.8, 4) is 68.1 Å². The molecule has 0 N–H and O–H groups in total. The van der Waals surface area contributed by atoms with E-state index in [9.17, 15) is 0 Å². The Kier molecular flexibility index (Phi) is 10.6. The lowest BCUT2D eigenvalue weighted by Gasteiger charge is -2.24. The molecule has 6 nitrogen and oxygen atoms in total. The molecule has 2 aliphatic rings. The van der Waals surface area contributed by atoms with Crippen LogP contribution < -0.4 is 0 Å². The molecule has 0 saturated carbocycles. The van der Waals surface area contributed by atoms with Crippen LogP contribution in [0.3, 0.4) is 0 Å². The van der Waals surface area contributed by atoms with Crippen molar-refractivity contribution in [1.82, 2.24) is 29.9 Å². The van der Waals surface area contributed by atoms with Crippen LogP contribution >= 0.6 is 0 Å². The minimum atomic E-state index is 0.220. The summed E-state index contributed by atoms with van der Waals surface area (Å²) < 4.78 is 0. The van der Waals surface area contributed by atoms with E-state index in [1.54, 1.807) is 0 Å². The zero-order valence-corrected chi connectivity index (χ0v) is 37.6. The Morgan fingerprint density at radius 2 is 0.864 bits per heavy atom. The summed E-state index contributed by atoms with van der Waals surface area (Å²) in [5.41, 5.74) is 15.6. The van der Waals surface area contributed by atoms with Crippen molar-refractivity contribution in [2.45, 2.75) is 46.5 Å². The van der Waals surface area contributed by atoms with Gasteiger partial charge in [-0.3, -0.25) is 0 Å². The van der Waals surface area contributed by atoms with Gasteiger partial charge in [0.05, 0.1) is 0 Å². The van der Waals surface area contributed by atoms with Crippen LogP contribution in [-0.4, -0.2) is 29.9 Å². The molecule has 2 aliphatic carbocycles. The van der Waals surface area contributed by atoms with E-state index in [0.717, 1.165) is 51.8 Å². The summed E-state index contributed by atoms with van der Waals surface area (Å²) in [7, 11) is 0. The summed E-state index contributed by atoms with van der Waals surface area (Å²) in [4.78, 5) is 29.9. The molecule has 318 valence electrons. The van der Waals surface area contributed by atoms with Crippen molar-refractivity contribution in [3.63, 3.8) is 0 Å². The minimum absolute atomic E-state index is 0.220. The van der Waals surface area contributed by atoms with Gasteiger partial charge in [0.15, 0.2) is 34.9 Å². The minimum Gasteiger partial charge on any atom is -0.208 e. The smallest absolute Gasteiger partial charge is 0.164 e. The Balaban J connectivity index is 0.898. The van der Waals surface area contributed by atoms with E-state index in [-0.39, 0.29) is 5.92 Å². The Labute approximate surface area is 386 Å². The Morgan fingerprint density at radius 3 is 1.35 bits per heavy atom. The first-order valence-electron chi connectivity index (χ1n) is 22.8. The molecule has 0 spiro atoms. The number of nitrogens with zero attached hydrogens (tertiary/aromatic N) is 6. The van der Waals surface area contributed by atoms with E-state index in [1.165, 1.54) is 49.7 Å². The first kappa shape index (κ1) is 40.8. The lowest BCUT2D eigenvalue weighted by molar-refractivity contribution is 0.738. The summed E-state index contributed by atoms with van der Waals surface area (Å²) in [6, 6.07) is 53.9. The van der Waals surface area contributed by atoms with Gasteiger partial charge in [0.1, 0.15) is 0 Å². The summed E-state index contributed by atoms with van der Waals surface area (Å²) in [6.45, 7) is 8.50. The van der Waals surface area contributed by atoms with Gasteiger partial charge in [0.25, 0.3) is 0 Å². The first-order valence-corrected chi connectivity index (χ1v) is 22.8. The quantitative estimate of drug-likeness (QED) is 0.152. The number of rotatable bonds is 8. The summed E-state index contributed by atoms with van der Waals surface area (Å²) in [5, 5.41) is 2.47. The fraction of sp³-hybridized carbons (Fsp3) is 0.133. The summed E-state index contributed by atoms with van der Waals surface area (Å²) >= 11 is 0. The molecule has 2 unspecified atom stereocenters.